The number of hydrogen-bond donors (Lipinski definition) is 0. The van der Waals surface area contributed by atoms with Gasteiger partial charge in [0.1, 0.15) is 0 Å². The zero-order chi connectivity index (χ0) is 11.5. The molecule has 0 radical (unpaired) electrons. The van der Waals surface area contributed by atoms with Crippen LogP contribution < -0.4 is 0 Å². The number of aldehydes is 1. The summed E-state index contributed by atoms with van der Waals surface area (Å²) in [5.41, 5.74) is 2.25. The van der Waals surface area contributed by atoms with E-state index in [9.17, 15) is 4.79 Å². The Balaban J connectivity index is 2.49. The van der Waals surface area contributed by atoms with E-state index in [0.717, 1.165) is 17.4 Å². The van der Waals surface area contributed by atoms with Gasteiger partial charge in [0.15, 0.2) is 6.29 Å². The van der Waals surface area contributed by atoms with E-state index in [1.54, 1.807) is 24.4 Å². The number of hydrogen-bond acceptors (Lipinski definition) is 2. The van der Waals surface area contributed by atoms with Crippen molar-refractivity contribution in [2.24, 2.45) is 0 Å². The van der Waals surface area contributed by atoms with E-state index >= 15 is 0 Å². The molecule has 2 aromatic rings. The van der Waals surface area contributed by atoms with Crippen molar-refractivity contribution >= 4 is 29.5 Å². The SMILES string of the molecule is O=Cc1cncc(-c2ccc(Cl)c(Cl)c2)c1. The molecule has 0 fully saturated rings. The third kappa shape index (κ3) is 2.23. The molecule has 2 nitrogen and oxygen atoms in total. The molecule has 1 aromatic carbocycles. The summed E-state index contributed by atoms with van der Waals surface area (Å²) in [4.78, 5) is 14.6. The highest BCUT2D eigenvalue weighted by atomic mass is 35.5. The molecule has 0 spiro atoms. The number of pyridine rings is 1. The Morgan fingerprint density at radius 2 is 1.81 bits per heavy atom. The molecule has 0 saturated carbocycles. The fourth-order valence-corrected chi connectivity index (χ4v) is 1.65. The minimum atomic E-state index is 0.482. The highest BCUT2D eigenvalue weighted by molar-refractivity contribution is 6.42. The largest absolute Gasteiger partial charge is 0.298 e. The van der Waals surface area contributed by atoms with Crippen molar-refractivity contribution in [3.8, 4) is 11.1 Å². The van der Waals surface area contributed by atoms with Crippen LogP contribution in [0, 0.1) is 0 Å². The summed E-state index contributed by atoms with van der Waals surface area (Å²) < 4.78 is 0. The zero-order valence-electron chi connectivity index (χ0n) is 8.15. The number of halogens is 2. The molecule has 0 unspecified atom stereocenters. The number of carbonyl (C=O) groups excluding carboxylic acids is 1. The van der Waals surface area contributed by atoms with Gasteiger partial charge in [-0.15, -0.1) is 0 Å². The van der Waals surface area contributed by atoms with Crippen LogP contribution in [-0.4, -0.2) is 11.3 Å². The highest BCUT2D eigenvalue weighted by Crippen LogP contribution is 2.28. The van der Waals surface area contributed by atoms with Crippen LogP contribution >= 0.6 is 23.2 Å². The average Bonchev–Trinajstić information content (AvgIpc) is 2.33. The fraction of sp³-hybridized carbons (Fsp3) is 0. The summed E-state index contributed by atoms with van der Waals surface area (Å²) in [6, 6.07) is 7.04. The van der Waals surface area contributed by atoms with Gasteiger partial charge >= 0.3 is 0 Å². The second kappa shape index (κ2) is 4.64. The summed E-state index contributed by atoms with van der Waals surface area (Å²) in [6.45, 7) is 0. The monoisotopic (exact) mass is 251 g/mol. The maximum atomic E-state index is 10.6. The molecule has 4 heteroatoms. The topological polar surface area (TPSA) is 30.0 Å². The first-order valence-corrected chi connectivity index (χ1v) is 5.32. The van der Waals surface area contributed by atoms with Crippen LogP contribution in [0.1, 0.15) is 10.4 Å². The first-order valence-electron chi connectivity index (χ1n) is 4.56. The van der Waals surface area contributed by atoms with E-state index in [1.807, 2.05) is 6.07 Å². The van der Waals surface area contributed by atoms with E-state index in [0.29, 0.717) is 15.6 Å². The van der Waals surface area contributed by atoms with Crippen molar-refractivity contribution < 1.29 is 4.79 Å². The van der Waals surface area contributed by atoms with E-state index < -0.39 is 0 Å². The second-order valence-electron chi connectivity index (χ2n) is 3.25. The van der Waals surface area contributed by atoms with E-state index in [4.69, 9.17) is 23.2 Å². The van der Waals surface area contributed by atoms with Gasteiger partial charge in [0.25, 0.3) is 0 Å². The zero-order valence-corrected chi connectivity index (χ0v) is 9.66. The number of carbonyl (C=O) groups is 1. The predicted molar refractivity (Wildman–Crippen MR) is 65.1 cm³/mol. The molecule has 16 heavy (non-hydrogen) atoms. The quantitative estimate of drug-likeness (QED) is 0.759. The Hall–Kier alpha value is -1.38. The average molecular weight is 252 g/mol. The van der Waals surface area contributed by atoms with Crippen molar-refractivity contribution in [3.63, 3.8) is 0 Å². The standard InChI is InChI=1S/C12H7Cl2NO/c13-11-2-1-9(4-12(11)14)10-3-8(7-16)5-15-6-10/h1-7H. The molecule has 0 bridgehead atoms. The van der Waals surface area contributed by atoms with Crippen LogP contribution in [0.4, 0.5) is 0 Å². The molecule has 0 aliphatic rings. The lowest BCUT2D eigenvalue weighted by Crippen LogP contribution is -1.85. The molecule has 0 saturated heterocycles. The molecule has 1 aromatic heterocycles. The molecule has 0 aliphatic heterocycles. The van der Waals surface area contributed by atoms with Crippen molar-refractivity contribution in [2.75, 3.05) is 0 Å². The summed E-state index contributed by atoms with van der Waals surface area (Å²) in [5, 5.41) is 0.987. The van der Waals surface area contributed by atoms with Gasteiger partial charge in [-0.05, 0) is 23.8 Å². The summed E-state index contributed by atoms with van der Waals surface area (Å²) in [6.07, 6.45) is 3.94. The van der Waals surface area contributed by atoms with Crippen LogP contribution in [0.2, 0.25) is 10.0 Å². The Labute approximate surface area is 103 Å². The first kappa shape index (κ1) is 11.1. The lowest BCUT2D eigenvalue weighted by Gasteiger charge is -2.03. The van der Waals surface area contributed by atoms with Gasteiger partial charge in [0.2, 0.25) is 0 Å². The Morgan fingerprint density at radius 1 is 1.00 bits per heavy atom. The number of aromatic nitrogens is 1. The number of benzene rings is 1. The van der Waals surface area contributed by atoms with Gasteiger partial charge in [0.05, 0.1) is 10.0 Å². The highest BCUT2D eigenvalue weighted by Gasteiger charge is 2.03. The molecule has 80 valence electrons. The molecule has 2 rings (SSSR count). The van der Waals surface area contributed by atoms with Gasteiger partial charge in [-0.25, -0.2) is 0 Å². The smallest absolute Gasteiger partial charge is 0.151 e. The van der Waals surface area contributed by atoms with Crippen LogP contribution in [0.25, 0.3) is 11.1 Å². The summed E-state index contributed by atoms with van der Waals surface area (Å²) in [5.74, 6) is 0. The van der Waals surface area contributed by atoms with Crippen molar-refractivity contribution in [1.82, 2.24) is 4.98 Å². The van der Waals surface area contributed by atoms with Crippen LogP contribution in [0.5, 0.6) is 0 Å². The van der Waals surface area contributed by atoms with Crippen LogP contribution in [-0.2, 0) is 0 Å². The normalized spacial score (nSPS) is 10.1. The summed E-state index contributed by atoms with van der Waals surface area (Å²) in [7, 11) is 0. The summed E-state index contributed by atoms with van der Waals surface area (Å²) >= 11 is 11.7. The second-order valence-corrected chi connectivity index (χ2v) is 4.07. The molecule has 0 atom stereocenters. The van der Waals surface area contributed by atoms with E-state index in [1.165, 1.54) is 6.20 Å². The molecule has 1 heterocycles. The van der Waals surface area contributed by atoms with Crippen molar-refractivity contribution in [2.45, 2.75) is 0 Å². The van der Waals surface area contributed by atoms with E-state index in [-0.39, 0.29) is 0 Å². The predicted octanol–water partition coefficient (Wildman–Crippen LogP) is 3.87. The Morgan fingerprint density at radius 3 is 2.50 bits per heavy atom. The first-order chi connectivity index (χ1) is 7.70. The Bertz CT molecular complexity index is 540. The lowest BCUT2D eigenvalue weighted by molar-refractivity contribution is 0.112. The Kier molecular flexibility index (Phi) is 3.22. The molecular weight excluding hydrogens is 245 g/mol. The van der Waals surface area contributed by atoms with Gasteiger partial charge < -0.3 is 0 Å². The maximum Gasteiger partial charge on any atom is 0.151 e. The number of nitrogens with zero attached hydrogens (tertiary/aromatic N) is 1. The third-order valence-corrected chi connectivity index (χ3v) is 2.89. The fourth-order valence-electron chi connectivity index (χ4n) is 1.36. The van der Waals surface area contributed by atoms with E-state index in [2.05, 4.69) is 4.98 Å². The minimum Gasteiger partial charge on any atom is -0.298 e. The van der Waals surface area contributed by atoms with Gasteiger partial charge in [0, 0.05) is 23.5 Å². The van der Waals surface area contributed by atoms with Crippen molar-refractivity contribution in [3.05, 3.63) is 52.3 Å². The minimum absolute atomic E-state index is 0.482. The van der Waals surface area contributed by atoms with Gasteiger partial charge in [-0.3, -0.25) is 9.78 Å². The van der Waals surface area contributed by atoms with Crippen LogP contribution in [0.15, 0.2) is 36.7 Å². The molecule has 0 N–H and O–H groups in total. The maximum absolute atomic E-state index is 10.6. The van der Waals surface area contributed by atoms with Gasteiger partial charge in [-0.2, -0.15) is 0 Å². The molecular formula is C12H7Cl2NO. The van der Waals surface area contributed by atoms with Crippen molar-refractivity contribution in [1.29, 1.82) is 0 Å². The molecule has 0 amide bonds. The molecule has 0 aliphatic carbocycles. The number of rotatable bonds is 2. The lowest BCUT2D eigenvalue weighted by atomic mass is 10.1. The van der Waals surface area contributed by atoms with Gasteiger partial charge in [-0.1, -0.05) is 29.3 Å². The third-order valence-electron chi connectivity index (χ3n) is 2.15. The van der Waals surface area contributed by atoms with Crippen LogP contribution in [0.3, 0.4) is 0 Å².